The van der Waals surface area contributed by atoms with Crippen LogP contribution in [0.1, 0.15) is 28.1 Å². The molecule has 0 radical (unpaired) electrons. The van der Waals surface area contributed by atoms with Crippen LogP contribution in [0.5, 0.6) is 0 Å². The van der Waals surface area contributed by atoms with Gasteiger partial charge in [0, 0.05) is 0 Å². The minimum absolute atomic E-state index is 0.0219. The maximum Gasteiger partial charge on any atom is 0.371 e. The molecule has 0 saturated heterocycles. The van der Waals surface area contributed by atoms with Crippen molar-refractivity contribution in [2.45, 2.75) is 11.8 Å². The fraction of sp³-hybridized carbons (Fsp3) is 0.286. The summed E-state index contributed by atoms with van der Waals surface area (Å²) in [6, 6.07) is 3.08. The van der Waals surface area contributed by atoms with E-state index in [-0.39, 0.29) is 10.6 Å². The molecule has 0 saturated carbocycles. The lowest BCUT2D eigenvalue weighted by Gasteiger charge is -1.94. The Balaban J connectivity index is 2.90. The Labute approximate surface area is 72.1 Å². The van der Waals surface area contributed by atoms with Gasteiger partial charge in [-0.15, -0.1) is 0 Å². The molecule has 0 amide bonds. The van der Waals surface area contributed by atoms with Crippen LogP contribution in [0.3, 0.4) is 0 Å². The van der Waals surface area contributed by atoms with Gasteiger partial charge in [-0.05, 0) is 19.1 Å². The zero-order valence-electron chi connectivity index (χ0n) is 5.87. The molecule has 0 aliphatic carbocycles. The third-order valence-corrected chi connectivity index (χ3v) is 1.68. The number of hydrogen-bond acceptors (Lipinski definition) is 2. The standard InChI is InChI=1S/C7H7BrO3/c1-4(8)5-2-3-6(11-5)7(9)10/h2-4H,1H3,(H,9,10). The van der Waals surface area contributed by atoms with E-state index in [0.29, 0.717) is 5.76 Å². The van der Waals surface area contributed by atoms with Gasteiger partial charge in [-0.25, -0.2) is 4.79 Å². The molecule has 0 aliphatic heterocycles. The molecule has 0 spiro atoms. The lowest BCUT2D eigenvalue weighted by atomic mass is 10.3. The normalized spacial score (nSPS) is 12.9. The Morgan fingerprint density at radius 3 is 2.64 bits per heavy atom. The molecular formula is C7H7BrO3. The van der Waals surface area contributed by atoms with Crippen molar-refractivity contribution in [1.29, 1.82) is 0 Å². The Kier molecular flexibility index (Phi) is 2.34. The van der Waals surface area contributed by atoms with Crippen molar-refractivity contribution >= 4 is 21.9 Å². The number of alkyl halides is 1. The van der Waals surface area contributed by atoms with E-state index in [1.807, 2.05) is 6.92 Å². The van der Waals surface area contributed by atoms with E-state index in [2.05, 4.69) is 15.9 Å². The van der Waals surface area contributed by atoms with Gasteiger partial charge >= 0.3 is 5.97 Å². The third-order valence-electron chi connectivity index (χ3n) is 1.23. The summed E-state index contributed by atoms with van der Waals surface area (Å²) in [5, 5.41) is 8.47. The van der Waals surface area contributed by atoms with Crippen molar-refractivity contribution in [3.8, 4) is 0 Å². The highest BCUT2D eigenvalue weighted by Gasteiger charge is 2.11. The van der Waals surface area contributed by atoms with Gasteiger partial charge in [0.15, 0.2) is 0 Å². The number of aromatic carboxylic acids is 1. The second-order valence-electron chi connectivity index (χ2n) is 2.12. The summed E-state index contributed by atoms with van der Waals surface area (Å²) in [4.78, 5) is 10.4. The molecule has 4 heteroatoms. The first-order chi connectivity index (χ1) is 5.11. The fourth-order valence-corrected chi connectivity index (χ4v) is 0.928. The Hall–Kier alpha value is -0.770. The van der Waals surface area contributed by atoms with Gasteiger partial charge in [0.05, 0.1) is 4.83 Å². The van der Waals surface area contributed by atoms with Gasteiger partial charge in [0.2, 0.25) is 5.76 Å². The van der Waals surface area contributed by atoms with Crippen LogP contribution in [-0.4, -0.2) is 11.1 Å². The average Bonchev–Trinajstić information content (AvgIpc) is 2.33. The van der Waals surface area contributed by atoms with Crippen molar-refractivity contribution < 1.29 is 14.3 Å². The van der Waals surface area contributed by atoms with Crippen LogP contribution in [0.4, 0.5) is 0 Å². The fourth-order valence-electron chi connectivity index (χ4n) is 0.682. The van der Waals surface area contributed by atoms with Crippen LogP contribution in [0.15, 0.2) is 16.5 Å². The van der Waals surface area contributed by atoms with Crippen LogP contribution < -0.4 is 0 Å². The predicted molar refractivity (Wildman–Crippen MR) is 43.0 cm³/mol. The van der Waals surface area contributed by atoms with E-state index in [9.17, 15) is 4.79 Å². The summed E-state index contributed by atoms with van der Waals surface area (Å²) in [7, 11) is 0. The zero-order chi connectivity index (χ0) is 8.43. The molecular weight excluding hydrogens is 212 g/mol. The van der Waals surface area contributed by atoms with E-state index in [1.165, 1.54) is 6.07 Å². The number of furan rings is 1. The SMILES string of the molecule is CC(Br)c1ccc(C(=O)O)o1. The number of carboxylic acids is 1. The molecule has 1 aromatic rings. The van der Waals surface area contributed by atoms with Gasteiger partial charge in [-0.3, -0.25) is 0 Å². The van der Waals surface area contributed by atoms with Crippen molar-refractivity contribution in [1.82, 2.24) is 0 Å². The first-order valence-electron chi connectivity index (χ1n) is 3.08. The molecule has 3 nitrogen and oxygen atoms in total. The number of carbonyl (C=O) groups is 1. The first-order valence-corrected chi connectivity index (χ1v) is 4.00. The summed E-state index contributed by atoms with van der Waals surface area (Å²) in [5.74, 6) is -0.432. The molecule has 0 fully saturated rings. The maximum absolute atomic E-state index is 10.3. The van der Waals surface area contributed by atoms with Gasteiger partial charge in [0.25, 0.3) is 0 Å². The van der Waals surface area contributed by atoms with E-state index >= 15 is 0 Å². The van der Waals surface area contributed by atoms with Crippen LogP contribution >= 0.6 is 15.9 Å². The lowest BCUT2D eigenvalue weighted by molar-refractivity contribution is 0.0660. The van der Waals surface area contributed by atoms with Gasteiger partial charge in [0.1, 0.15) is 5.76 Å². The minimum Gasteiger partial charge on any atom is -0.475 e. The number of halogens is 1. The van der Waals surface area contributed by atoms with Gasteiger partial charge < -0.3 is 9.52 Å². The van der Waals surface area contributed by atoms with Crippen LogP contribution in [0, 0.1) is 0 Å². The third kappa shape index (κ3) is 1.83. The smallest absolute Gasteiger partial charge is 0.371 e. The monoisotopic (exact) mass is 218 g/mol. The highest BCUT2D eigenvalue weighted by molar-refractivity contribution is 9.09. The van der Waals surface area contributed by atoms with Crippen molar-refractivity contribution in [3.63, 3.8) is 0 Å². The summed E-state index contributed by atoms with van der Waals surface area (Å²) in [6.45, 7) is 1.87. The van der Waals surface area contributed by atoms with Gasteiger partial charge in [-0.2, -0.15) is 0 Å². The minimum atomic E-state index is -1.04. The zero-order valence-corrected chi connectivity index (χ0v) is 7.46. The van der Waals surface area contributed by atoms with Gasteiger partial charge in [-0.1, -0.05) is 15.9 Å². The molecule has 11 heavy (non-hydrogen) atoms. The molecule has 1 atom stereocenters. The van der Waals surface area contributed by atoms with Crippen LogP contribution in [-0.2, 0) is 0 Å². The van der Waals surface area contributed by atoms with Crippen LogP contribution in [0.25, 0.3) is 0 Å². The van der Waals surface area contributed by atoms with E-state index < -0.39 is 5.97 Å². The first kappa shape index (κ1) is 8.33. The Morgan fingerprint density at radius 1 is 1.73 bits per heavy atom. The number of carboxylic acid groups (broad SMARTS) is 1. The summed E-state index contributed by atoms with van der Waals surface area (Å²) < 4.78 is 4.96. The predicted octanol–water partition coefficient (Wildman–Crippen LogP) is 2.43. The van der Waals surface area contributed by atoms with Crippen molar-refractivity contribution in [2.24, 2.45) is 0 Å². The Bertz CT molecular complexity index is 264. The molecule has 1 unspecified atom stereocenters. The molecule has 0 bridgehead atoms. The second kappa shape index (κ2) is 3.09. The molecule has 0 aliphatic rings. The van der Waals surface area contributed by atoms with Crippen LogP contribution in [0.2, 0.25) is 0 Å². The molecule has 1 rings (SSSR count). The highest BCUT2D eigenvalue weighted by Crippen LogP contribution is 2.23. The highest BCUT2D eigenvalue weighted by atomic mass is 79.9. The summed E-state index contributed by atoms with van der Waals surface area (Å²) in [5.41, 5.74) is 0. The van der Waals surface area contributed by atoms with E-state index in [1.54, 1.807) is 6.07 Å². The Morgan fingerprint density at radius 2 is 2.36 bits per heavy atom. The quantitative estimate of drug-likeness (QED) is 0.777. The largest absolute Gasteiger partial charge is 0.475 e. The lowest BCUT2D eigenvalue weighted by Crippen LogP contribution is -1.91. The molecule has 1 heterocycles. The molecule has 60 valence electrons. The van der Waals surface area contributed by atoms with E-state index in [0.717, 1.165) is 0 Å². The second-order valence-corrected chi connectivity index (χ2v) is 3.50. The average molecular weight is 219 g/mol. The summed E-state index contributed by atoms with van der Waals surface area (Å²) >= 11 is 3.26. The topological polar surface area (TPSA) is 50.4 Å². The maximum atomic E-state index is 10.3. The summed E-state index contributed by atoms with van der Waals surface area (Å²) in [6.07, 6.45) is 0. The molecule has 1 aromatic heterocycles. The van der Waals surface area contributed by atoms with Crippen molar-refractivity contribution in [3.05, 3.63) is 23.7 Å². The van der Waals surface area contributed by atoms with E-state index in [4.69, 9.17) is 9.52 Å². The molecule has 1 N–H and O–H groups in total. The molecule has 0 aromatic carbocycles. The van der Waals surface area contributed by atoms with Crippen molar-refractivity contribution in [2.75, 3.05) is 0 Å². The number of hydrogen-bond donors (Lipinski definition) is 1. The number of rotatable bonds is 2.